The molecule has 0 atom stereocenters. The molecule has 1 aliphatic heterocycles. The molecule has 0 bridgehead atoms. The summed E-state index contributed by atoms with van der Waals surface area (Å²) in [7, 11) is -3.58. The molecule has 0 radical (unpaired) electrons. The van der Waals surface area contributed by atoms with E-state index in [0.29, 0.717) is 23.1 Å². The zero-order valence-electron chi connectivity index (χ0n) is 14.6. The third-order valence-corrected chi connectivity index (χ3v) is 6.99. The van der Waals surface area contributed by atoms with Gasteiger partial charge in [0.25, 0.3) is 5.91 Å². The van der Waals surface area contributed by atoms with Gasteiger partial charge in [0.05, 0.1) is 4.90 Å². The molecule has 8 heteroatoms. The Balaban J connectivity index is 1.73. The Morgan fingerprint density at radius 3 is 2.48 bits per heavy atom. The first-order chi connectivity index (χ1) is 12.9. The van der Waals surface area contributed by atoms with E-state index in [4.69, 9.17) is 23.2 Å². The van der Waals surface area contributed by atoms with Crippen LogP contribution in [0.15, 0.2) is 47.4 Å². The number of hydrogen-bond donors (Lipinski definition) is 1. The van der Waals surface area contributed by atoms with Crippen LogP contribution in [0.4, 0.5) is 0 Å². The van der Waals surface area contributed by atoms with Crippen LogP contribution in [0.3, 0.4) is 0 Å². The van der Waals surface area contributed by atoms with Gasteiger partial charge in [-0.2, -0.15) is 4.31 Å². The Kier molecular flexibility index (Phi) is 6.42. The van der Waals surface area contributed by atoms with E-state index in [1.807, 2.05) is 0 Å². The molecule has 144 valence electrons. The summed E-state index contributed by atoms with van der Waals surface area (Å²) in [6.07, 6.45) is 2.77. The normalized spacial score (nSPS) is 15.5. The molecule has 0 unspecified atom stereocenters. The van der Waals surface area contributed by atoms with Crippen molar-refractivity contribution in [2.75, 3.05) is 13.1 Å². The fourth-order valence-electron chi connectivity index (χ4n) is 2.99. The lowest BCUT2D eigenvalue weighted by Gasteiger charge is -2.26. The van der Waals surface area contributed by atoms with Gasteiger partial charge in [-0.05, 0) is 48.7 Å². The second kappa shape index (κ2) is 8.61. The van der Waals surface area contributed by atoms with Gasteiger partial charge in [-0.25, -0.2) is 8.42 Å². The molecule has 1 amide bonds. The Morgan fingerprint density at radius 2 is 1.78 bits per heavy atom. The Hall–Kier alpha value is -1.60. The molecule has 0 spiro atoms. The summed E-state index contributed by atoms with van der Waals surface area (Å²) >= 11 is 12.0. The molecular weight excluding hydrogens is 407 g/mol. The van der Waals surface area contributed by atoms with Crippen LogP contribution < -0.4 is 5.32 Å². The quantitative estimate of drug-likeness (QED) is 0.782. The molecule has 0 saturated carbocycles. The molecule has 1 saturated heterocycles. The van der Waals surface area contributed by atoms with Crippen molar-refractivity contribution in [3.63, 3.8) is 0 Å². The first-order valence-electron chi connectivity index (χ1n) is 8.70. The summed E-state index contributed by atoms with van der Waals surface area (Å²) in [6, 6.07) is 11.2. The number of rotatable bonds is 5. The summed E-state index contributed by atoms with van der Waals surface area (Å²) in [5.41, 5.74) is 1.02. The number of benzene rings is 2. The number of carbonyl (C=O) groups excluding carboxylic acids is 1. The predicted octanol–water partition coefficient (Wildman–Crippen LogP) is 4.10. The summed E-state index contributed by atoms with van der Waals surface area (Å²) in [6.45, 7) is 1.26. The van der Waals surface area contributed by atoms with Crippen molar-refractivity contribution in [1.29, 1.82) is 0 Å². The monoisotopic (exact) mass is 426 g/mol. The molecule has 0 aliphatic carbocycles. The van der Waals surface area contributed by atoms with E-state index >= 15 is 0 Å². The lowest BCUT2D eigenvalue weighted by molar-refractivity contribution is 0.0950. The number of carbonyl (C=O) groups is 1. The Bertz CT molecular complexity index is 942. The molecule has 1 fully saturated rings. The van der Waals surface area contributed by atoms with Crippen molar-refractivity contribution in [2.45, 2.75) is 30.7 Å². The fourth-order valence-corrected chi connectivity index (χ4v) is 5.03. The van der Waals surface area contributed by atoms with Crippen LogP contribution in [0.2, 0.25) is 10.0 Å². The Labute approximate surface area is 169 Å². The highest BCUT2D eigenvalue weighted by Crippen LogP contribution is 2.22. The van der Waals surface area contributed by atoms with Crippen molar-refractivity contribution in [3.05, 3.63) is 63.6 Å². The topological polar surface area (TPSA) is 66.5 Å². The summed E-state index contributed by atoms with van der Waals surface area (Å²) in [5, 5.41) is 3.74. The first-order valence-corrected chi connectivity index (χ1v) is 10.9. The lowest BCUT2D eigenvalue weighted by atomic mass is 10.2. The number of nitrogens with one attached hydrogen (secondary N) is 1. The molecule has 2 aromatic carbocycles. The molecule has 1 aliphatic rings. The van der Waals surface area contributed by atoms with Gasteiger partial charge in [-0.3, -0.25) is 4.79 Å². The molecule has 5 nitrogen and oxygen atoms in total. The average molecular weight is 427 g/mol. The fraction of sp³-hybridized carbons (Fsp3) is 0.316. The van der Waals surface area contributed by atoms with E-state index < -0.39 is 10.0 Å². The van der Waals surface area contributed by atoms with Gasteiger partial charge in [-0.15, -0.1) is 0 Å². The van der Waals surface area contributed by atoms with Crippen LogP contribution in [0.25, 0.3) is 0 Å². The minimum Gasteiger partial charge on any atom is -0.348 e. The average Bonchev–Trinajstić information content (AvgIpc) is 2.68. The summed E-state index contributed by atoms with van der Waals surface area (Å²) in [4.78, 5) is 12.6. The predicted molar refractivity (Wildman–Crippen MR) is 107 cm³/mol. The lowest BCUT2D eigenvalue weighted by Crippen LogP contribution is -2.35. The van der Waals surface area contributed by atoms with Gasteiger partial charge >= 0.3 is 0 Å². The standard InChI is InChI=1S/C19H20Cl2N2O3S/c20-16-8-7-15(18(21)12-16)13-22-19(24)14-5-4-6-17(11-14)27(25,26)23-9-2-1-3-10-23/h4-8,11-12H,1-3,9-10,13H2,(H,22,24). The van der Waals surface area contributed by atoms with Crippen LogP contribution in [-0.2, 0) is 16.6 Å². The number of halogens is 2. The molecule has 27 heavy (non-hydrogen) atoms. The van der Waals surface area contributed by atoms with Crippen LogP contribution in [0.5, 0.6) is 0 Å². The number of hydrogen-bond acceptors (Lipinski definition) is 3. The summed E-state index contributed by atoms with van der Waals surface area (Å²) in [5.74, 6) is -0.364. The number of amides is 1. The Morgan fingerprint density at radius 1 is 1.04 bits per heavy atom. The first kappa shape index (κ1) is 20.1. The van der Waals surface area contributed by atoms with Gasteiger partial charge in [0, 0.05) is 35.2 Å². The van der Waals surface area contributed by atoms with E-state index in [2.05, 4.69) is 5.32 Å². The van der Waals surface area contributed by atoms with Crippen molar-refractivity contribution in [3.8, 4) is 0 Å². The molecule has 0 aromatic heterocycles. The van der Waals surface area contributed by atoms with E-state index in [-0.39, 0.29) is 22.9 Å². The highest BCUT2D eigenvalue weighted by atomic mass is 35.5. The van der Waals surface area contributed by atoms with Gasteiger partial charge in [0.1, 0.15) is 0 Å². The second-order valence-electron chi connectivity index (χ2n) is 6.41. The largest absolute Gasteiger partial charge is 0.348 e. The SMILES string of the molecule is O=C(NCc1ccc(Cl)cc1Cl)c1cccc(S(=O)(=O)N2CCCCC2)c1. The van der Waals surface area contributed by atoms with Crippen molar-refractivity contribution in [2.24, 2.45) is 0 Å². The van der Waals surface area contributed by atoms with Gasteiger partial charge in [-0.1, -0.05) is 41.8 Å². The van der Waals surface area contributed by atoms with E-state index in [9.17, 15) is 13.2 Å². The third kappa shape index (κ3) is 4.82. The molecule has 3 rings (SSSR count). The number of nitrogens with zero attached hydrogens (tertiary/aromatic N) is 1. The van der Waals surface area contributed by atoms with Gasteiger partial charge in [0.15, 0.2) is 0 Å². The van der Waals surface area contributed by atoms with E-state index in [0.717, 1.165) is 24.8 Å². The summed E-state index contributed by atoms with van der Waals surface area (Å²) < 4.78 is 27.1. The maximum Gasteiger partial charge on any atom is 0.251 e. The van der Waals surface area contributed by atoms with Crippen molar-refractivity contribution >= 4 is 39.1 Å². The maximum atomic E-state index is 12.8. The second-order valence-corrected chi connectivity index (χ2v) is 9.19. The molecule has 1 heterocycles. The van der Waals surface area contributed by atoms with Crippen LogP contribution in [0, 0.1) is 0 Å². The zero-order chi connectivity index (χ0) is 19.4. The molecule has 1 N–H and O–H groups in total. The zero-order valence-corrected chi connectivity index (χ0v) is 16.9. The van der Waals surface area contributed by atoms with Crippen LogP contribution >= 0.6 is 23.2 Å². The van der Waals surface area contributed by atoms with E-state index in [1.165, 1.54) is 16.4 Å². The minimum atomic E-state index is -3.58. The maximum absolute atomic E-state index is 12.8. The molecule has 2 aromatic rings. The van der Waals surface area contributed by atoms with Crippen LogP contribution in [0.1, 0.15) is 35.2 Å². The van der Waals surface area contributed by atoms with Crippen molar-refractivity contribution < 1.29 is 13.2 Å². The van der Waals surface area contributed by atoms with E-state index in [1.54, 1.807) is 30.3 Å². The number of sulfonamides is 1. The highest BCUT2D eigenvalue weighted by Gasteiger charge is 2.26. The number of piperidine rings is 1. The molecular formula is C19H20Cl2N2O3S. The highest BCUT2D eigenvalue weighted by molar-refractivity contribution is 7.89. The minimum absolute atomic E-state index is 0.140. The van der Waals surface area contributed by atoms with Crippen molar-refractivity contribution in [1.82, 2.24) is 9.62 Å². The van der Waals surface area contributed by atoms with Crippen LogP contribution in [-0.4, -0.2) is 31.7 Å². The van der Waals surface area contributed by atoms with Gasteiger partial charge in [0.2, 0.25) is 10.0 Å². The third-order valence-electron chi connectivity index (χ3n) is 4.50. The smallest absolute Gasteiger partial charge is 0.251 e. The van der Waals surface area contributed by atoms with Gasteiger partial charge < -0.3 is 5.32 Å².